The summed E-state index contributed by atoms with van der Waals surface area (Å²) in [4.78, 5) is 40.0. The number of Topliss-reactive ketones (excluding diaryl/α,β-unsaturated/α-hetero) is 2. The molecule has 140 valence electrons. The van der Waals surface area contributed by atoms with Crippen LogP contribution in [0.2, 0.25) is 0 Å². The molecular formula is C23H25NO3. The van der Waals surface area contributed by atoms with Crippen LogP contribution in [0.1, 0.15) is 60.8 Å². The number of likely N-dealkylation sites (tertiary alicyclic amines) is 1. The monoisotopic (exact) mass is 363 g/mol. The van der Waals surface area contributed by atoms with E-state index >= 15 is 0 Å². The number of rotatable bonds is 2. The molecule has 1 aromatic rings. The van der Waals surface area contributed by atoms with E-state index in [1.165, 1.54) is 0 Å². The number of nitrogens with zero attached hydrogens (tertiary/aromatic N) is 1. The van der Waals surface area contributed by atoms with Crippen molar-refractivity contribution >= 4 is 17.5 Å². The van der Waals surface area contributed by atoms with Crippen LogP contribution in [0.5, 0.6) is 0 Å². The molecule has 4 nitrogen and oxygen atoms in total. The van der Waals surface area contributed by atoms with E-state index in [0.29, 0.717) is 25.9 Å². The van der Waals surface area contributed by atoms with Gasteiger partial charge in [-0.25, -0.2) is 0 Å². The number of aryl methyl sites for hydroxylation is 2. The van der Waals surface area contributed by atoms with E-state index in [1.807, 2.05) is 30.9 Å². The molecule has 1 saturated heterocycles. The summed E-state index contributed by atoms with van der Waals surface area (Å²) in [5, 5.41) is 0. The fraction of sp³-hybridized carbons (Fsp3) is 0.522. The highest BCUT2D eigenvalue weighted by atomic mass is 16.2. The SMILES string of the molecule is CC#Cc1cc(C)c(C2C(=O)CC3(CC2=O)CN(C(=O)C2CC2)C3)c(C)c1. The molecule has 2 aliphatic carbocycles. The second kappa shape index (κ2) is 6.34. The molecule has 3 fully saturated rings. The van der Waals surface area contributed by atoms with Crippen molar-refractivity contribution in [1.82, 2.24) is 4.90 Å². The summed E-state index contributed by atoms with van der Waals surface area (Å²) in [6, 6.07) is 3.92. The lowest BCUT2D eigenvalue weighted by Gasteiger charge is -2.52. The molecule has 0 aromatic heterocycles. The molecule has 1 spiro atoms. The van der Waals surface area contributed by atoms with E-state index in [1.54, 1.807) is 6.92 Å². The summed E-state index contributed by atoms with van der Waals surface area (Å²) in [6.07, 6.45) is 2.76. The number of carbonyl (C=O) groups excluding carboxylic acids is 3. The van der Waals surface area contributed by atoms with Crippen molar-refractivity contribution in [2.75, 3.05) is 13.1 Å². The third-order valence-corrected chi connectivity index (χ3v) is 6.18. The van der Waals surface area contributed by atoms with Crippen LogP contribution in [0.15, 0.2) is 12.1 Å². The Labute approximate surface area is 160 Å². The average molecular weight is 363 g/mol. The van der Waals surface area contributed by atoms with Crippen molar-refractivity contribution in [3.05, 3.63) is 34.4 Å². The third kappa shape index (κ3) is 3.10. The van der Waals surface area contributed by atoms with E-state index in [2.05, 4.69) is 11.8 Å². The second-order valence-electron chi connectivity index (χ2n) is 8.59. The van der Waals surface area contributed by atoms with Gasteiger partial charge in [0.1, 0.15) is 17.5 Å². The molecule has 2 saturated carbocycles. The molecule has 27 heavy (non-hydrogen) atoms. The number of amides is 1. The van der Waals surface area contributed by atoms with Crippen LogP contribution in [-0.2, 0) is 14.4 Å². The van der Waals surface area contributed by atoms with E-state index in [0.717, 1.165) is 35.1 Å². The lowest BCUT2D eigenvalue weighted by Crippen LogP contribution is -2.62. The number of hydrogen-bond donors (Lipinski definition) is 0. The number of ketones is 2. The number of carbonyl (C=O) groups is 3. The van der Waals surface area contributed by atoms with E-state index < -0.39 is 5.92 Å². The normalized spacial score (nSPS) is 21.7. The Morgan fingerprint density at radius 3 is 2.11 bits per heavy atom. The topological polar surface area (TPSA) is 54.5 Å². The van der Waals surface area contributed by atoms with Crippen molar-refractivity contribution in [1.29, 1.82) is 0 Å². The molecule has 1 aromatic carbocycles. The van der Waals surface area contributed by atoms with Crippen molar-refractivity contribution in [3.63, 3.8) is 0 Å². The van der Waals surface area contributed by atoms with E-state index in [9.17, 15) is 14.4 Å². The van der Waals surface area contributed by atoms with Crippen LogP contribution in [0, 0.1) is 37.0 Å². The van der Waals surface area contributed by atoms with Gasteiger partial charge in [-0.3, -0.25) is 14.4 Å². The Morgan fingerprint density at radius 1 is 1.07 bits per heavy atom. The van der Waals surface area contributed by atoms with Gasteiger partial charge < -0.3 is 4.90 Å². The smallest absolute Gasteiger partial charge is 0.225 e. The lowest BCUT2D eigenvalue weighted by molar-refractivity contribution is -0.155. The minimum Gasteiger partial charge on any atom is -0.341 e. The van der Waals surface area contributed by atoms with Gasteiger partial charge in [-0.1, -0.05) is 5.92 Å². The van der Waals surface area contributed by atoms with Gasteiger partial charge >= 0.3 is 0 Å². The van der Waals surface area contributed by atoms with Gasteiger partial charge in [0.2, 0.25) is 5.91 Å². The summed E-state index contributed by atoms with van der Waals surface area (Å²) in [7, 11) is 0. The maximum Gasteiger partial charge on any atom is 0.225 e. The van der Waals surface area contributed by atoms with Crippen molar-refractivity contribution in [3.8, 4) is 11.8 Å². The standard InChI is InChI=1S/C23H25NO3/c1-4-5-16-8-14(2)20(15(3)9-16)21-18(25)10-23(11-19(21)26)12-24(13-23)22(27)17-6-7-17/h8-9,17,21H,6-7,10-13H2,1-3H3. The largest absolute Gasteiger partial charge is 0.341 e. The van der Waals surface area contributed by atoms with Crippen LogP contribution in [0.3, 0.4) is 0 Å². The second-order valence-corrected chi connectivity index (χ2v) is 8.59. The highest BCUT2D eigenvalue weighted by Gasteiger charge is 2.54. The molecule has 0 atom stereocenters. The minimum atomic E-state index is -0.660. The number of benzene rings is 1. The van der Waals surface area contributed by atoms with Crippen molar-refractivity contribution in [2.24, 2.45) is 11.3 Å². The van der Waals surface area contributed by atoms with Gasteiger partial charge in [-0.05, 0) is 62.4 Å². The van der Waals surface area contributed by atoms with Crippen molar-refractivity contribution < 1.29 is 14.4 Å². The fourth-order valence-corrected chi connectivity index (χ4v) is 4.89. The maximum absolute atomic E-state index is 13.0. The lowest BCUT2D eigenvalue weighted by atomic mass is 9.63. The molecule has 0 bridgehead atoms. The van der Waals surface area contributed by atoms with Crippen LogP contribution >= 0.6 is 0 Å². The maximum atomic E-state index is 13.0. The molecule has 4 rings (SSSR count). The summed E-state index contributed by atoms with van der Waals surface area (Å²) in [5.41, 5.74) is 3.36. The predicted molar refractivity (Wildman–Crippen MR) is 102 cm³/mol. The predicted octanol–water partition coefficient (Wildman–Crippen LogP) is 2.93. The average Bonchev–Trinajstić information content (AvgIpc) is 3.38. The van der Waals surface area contributed by atoms with E-state index in [4.69, 9.17) is 0 Å². The van der Waals surface area contributed by atoms with Crippen LogP contribution in [-0.4, -0.2) is 35.5 Å². The molecule has 0 unspecified atom stereocenters. The van der Waals surface area contributed by atoms with Gasteiger partial charge in [0.05, 0.1) is 0 Å². The molecule has 0 N–H and O–H groups in total. The summed E-state index contributed by atoms with van der Waals surface area (Å²) >= 11 is 0. The van der Waals surface area contributed by atoms with Gasteiger partial charge in [0.25, 0.3) is 0 Å². The zero-order valence-electron chi connectivity index (χ0n) is 16.2. The zero-order valence-corrected chi connectivity index (χ0v) is 16.2. The summed E-state index contributed by atoms with van der Waals surface area (Å²) < 4.78 is 0. The first-order valence-corrected chi connectivity index (χ1v) is 9.72. The van der Waals surface area contributed by atoms with Crippen LogP contribution < -0.4 is 0 Å². The van der Waals surface area contributed by atoms with Gasteiger partial charge in [-0.2, -0.15) is 0 Å². The molecule has 1 heterocycles. The third-order valence-electron chi connectivity index (χ3n) is 6.18. The summed E-state index contributed by atoms with van der Waals surface area (Å²) in [6.45, 7) is 6.83. The first kappa shape index (κ1) is 18.0. The molecule has 1 amide bonds. The zero-order chi connectivity index (χ0) is 19.3. The Kier molecular flexibility index (Phi) is 4.22. The molecule has 3 aliphatic rings. The highest BCUT2D eigenvalue weighted by Crippen LogP contribution is 2.47. The first-order valence-electron chi connectivity index (χ1n) is 9.72. The summed E-state index contributed by atoms with van der Waals surface area (Å²) in [5.74, 6) is 5.69. The van der Waals surface area contributed by atoms with Gasteiger partial charge in [0, 0.05) is 42.8 Å². The fourth-order valence-electron chi connectivity index (χ4n) is 4.89. The highest BCUT2D eigenvalue weighted by molar-refractivity contribution is 6.11. The molecule has 4 heteroatoms. The van der Waals surface area contributed by atoms with Gasteiger partial charge in [0.15, 0.2) is 0 Å². The number of hydrogen-bond acceptors (Lipinski definition) is 3. The quantitative estimate of drug-likeness (QED) is 0.600. The minimum absolute atomic E-state index is 0.00490. The van der Waals surface area contributed by atoms with Crippen molar-refractivity contribution in [2.45, 2.75) is 52.4 Å². The molecule has 0 radical (unpaired) electrons. The Morgan fingerprint density at radius 2 is 1.63 bits per heavy atom. The van der Waals surface area contributed by atoms with Gasteiger partial charge in [-0.15, -0.1) is 5.92 Å². The Balaban J connectivity index is 1.54. The van der Waals surface area contributed by atoms with E-state index in [-0.39, 0.29) is 28.8 Å². The van der Waals surface area contributed by atoms with Crippen LogP contribution in [0.4, 0.5) is 0 Å². The Hall–Kier alpha value is -2.41. The molecule has 1 aliphatic heterocycles. The van der Waals surface area contributed by atoms with Crippen LogP contribution in [0.25, 0.3) is 0 Å². The first-order chi connectivity index (χ1) is 12.8. The Bertz CT molecular complexity index is 864. The molecular weight excluding hydrogens is 338 g/mol.